The zero-order valence-electron chi connectivity index (χ0n) is 11.2. The molecular weight excluding hydrogens is 245 g/mol. The van der Waals surface area contributed by atoms with Crippen LogP contribution < -0.4 is 5.73 Å². The first-order valence-corrected chi connectivity index (χ1v) is 7.75. The SMILES string of the molecule is Cc1cc(SCC2CCCC2)c(C(C)N)cc1F. The fraction of sp³-hybridized carbons (Fsp3) is 0.600. The lowest BCUT2D eigenvalue weighted by Gasteiger charge is -2.15. The molecule has 1 aliphatic rings. The van der Waals surface area contributed by atoms with Crippen molar-refractivity contribution in [2.75, 3.05) is 5.75 Å². The second-order valence-corrected chi connectivity index (χ2v) is 6.45. The van der Waals surface area contributed by atoms with Crippen LogP contribution >= 0.6 is 11.8 Å². The topological polar surface area (TPSA) is 26.0 Å². The maximum Gasteiger partial charge on any atom is 0.126 e. The van der Waals surface area contributed by atoms with E-state index in [0.717, 1.165) is 22.1 Å². The molecule has 1 nitrogen and oxygen atoms in total. The Balaban J connectivity index is 2.12. The molecule has 0 spiro atoms. The molecule has 2 N–H and O–H groups in total. The summed E-state index contributed by atoms with van der Waals surface area (Å²) < 4.78 is 13.6. The molecule has 0 radical (unpaired) electrons. The summed E-state index contributed by atoms with van der Waals surface area (Å²) in [6, 6.07) is 3.45. The Labute approximate surface area is 113 Å². The average Bonchev–Trinajstić information content (AvgIpc) is 2.83. The van der Waals surface area contributed by atoms with Crippen molar-refractivity contribution >= 4 is 11.8 Å². The smallest absolute Gasteiger partial charge is 0.126 e. The van der Waals surface area contributed by atoms with Gasteiger partial charge in [-0.1, -0.05) is 12.8 Å². The lowest BCUT2D eigenvalue weighted by molar-refractivity contribution is 0.609. The number of benzene rings is 1. The molecule has 0 heterocycles. The molecule has 1 saturated carbocycles. The van der Waals surface area contributed by atoms with Crippen LogP contribution in [-0.4, -0.2) is 5.75 Å². The van der Waals surface area contributed by atoms with Crippen LogP contribution in [0.3, 0.4) is 0 Å². The van der Waals surface area contributed by atoms with E-state index in [9.17, 15) is 4.39 Å². The minimum Gasteiger partial charge on any atom is -0.324 e. The number of aryl methyl sites for hydroxylation is 1. The highest BCUT2D eigenvalue weighted by atomic mass is 32.2. The van der Waals surface area contributed by atoms with Gasteiger partial charge in [-0.3, -0.25) is 0 Å². The van der Waals surface area contributed by atoms with Crippen LogP contribution in [0.4, 0.5) is 4.39 Å². The minimum absolute atomic E-state index is 0.105. The molecule has 1 aliphatic carbocycles. The largest absolute Gasteiger partial charge is 0.324 e. The molecule has 1 fully saturated rings. The van der Waals surface area contributed by atoms with Crippen LogP contribution in [0.25, 0.3) is 0 Å². The molecule has 3 heteroatoms. The number of nitrogens with two attached hydrogens (primary N) is 1. The van der Waals surface area contributed by atoms with Crippen LogP contribution in [-0.2, 0) is 0 Å². The molecule has 0 aliphatic heterocycles. The van der Waals surface area contributed by atoms with E-state index in [-0.39, 0.29) is 11.9 Å². The Morgan fingerprint density at radius 2 is 2.06 bits per heavy atom. The number of rotatable bonds is 4. The predicted molar refractivity (Wildman–Crippen MR) is 76.4 cm³/mol. The van der Waals surface area contributed by atoms with Crippen molar-refractivity contribution < 1.29 is 4.39 Å². The Morgan fingerprint density at radius 1 is 1.39 bits per heavy atom. The number of thioether (sulfide) groups is 1. The van der Waals surface area contributed by atoms with Gasteiger partial charge in [0.05, 0.1) is 0 Å². The van der Waals surface area contributed by atoms with Crippen molar-refractivity contribution in [1.29, 1.82) is 0 Å². The summed E-state index contributed by atoms with van der Waals surface area (Å²) in [5.74, 6) is 1.83. The second-order valence-electron chi connectivity index (χ2n) is 5.39. The summed E-state index contributed by atoms with van der Waals surface area (Å²) in [5.41, 5.74) is 7.60. The lowest BCUT2D eigenvalue weighted by Crippen LogP contribution is -2.08. The van der Waals surface area contributed by atoms with E-state index in [4.69, 9.17) is 5.73 Å². The van der Waals surface area contributed by atoms with Crippen molar-refractivity contribution in [3.05, 3.63) is 29.1 Å². The molecule has 0 aromatic heterocycles. The number of hydrogen-bond acceptors (Lipinski definition) is 2. The Morgan fingerprint density at radius 3 is 2.67 bits per heavy atom. The predicted octanol–water partition coefficient (Wildman–Crippen LogP) is 4.44. The molecular formula is C15H22FNS. The third-order valence-corrected chi connectivity index (χ3v) is 5.03. The zero-order chi connectivity index (χ0) is 13.1. The van der Waals surface area contributed by atoms with Gasteiger partial charge in [-0.25, -0.2) is 4.39 Å². The molecule has 2 rings (SSSR count). The monoisotopic (exact) mass is 267 g/mol. The fourth-order valence-corrected chi connectivity index (χ4v) is 3.96. The van der Waals surface area contributed by atoms with Crippen molar-refractivity contribution in [3.8, 4) is 0 Å². The first-order valence-electron chi connectivity index (χ1n) is 6.76. The normalized spacial score (nSPS) is 18.2. The van der Waals surface area contributed by atoms with Gasteiger partial charge in [0, 0.05) is 16.7 Å². The van der Waals surface area contributed by atoms with Crippen molar-refractivity contribution in [3.63, 3.8) is 0 Å². The minimum atomic E-state index is -0.146. The maximum atomic E-state index is 13.6. The standard InChI is InChI=1S/C15H22FNS/c1-10-7-15(13(11(2)17)8-14(10)16)18-9-12-5-3-4-6-12/h7-8,11-12H,3-6,9,17H2,1-2H3. The van der Waals surface area contributed by atoms with E-state index < -0.39 is 0 Å². The highest BCUT2D eigenvalue weighted by Gasteiger charge is 2.17. The van der Waals surface area contributed by atoms with Crippen LogP contribution in [0.2, 0.25) is 0 Å². The van der Waals surface area contributed by atoms with E-state index in [1.807, 2.05) is 31.7 Å². The molecule has 1 aromatic carbocycles. The third kappa shape index (κ3) is 3.27. The van der Waals surface area contributed by atoms with Crippen LogP contribution in [0.15, 0.2) is 17.0 Å². The second kappa shape index (κ2) is 6.07. The van der Waals surface area contributed by atoms with Crippen LogP contribution in [0.1, 0.15) is 49.8 Å². The van der Waals surface area contributed by atoms with Gasteiger partial charge in [-0.2, -0.15) is 0 Å². The van der Waals surface area contributed by atoms with Gasteiger partial charge in [-0.05, 0) is 55.9 Å². The van der Waals surface area contributed by atoms with Gasteiger partial charge in [0.1, 0.15) is 5.82 Å². The van der Waals surface area contributed by atoms with Gasteiger partial charge < -0.3 is 5.73 Å². The van der Waals surface area contributed by atoms with Crippen LogP contribution in [0, 0.1) is 18.7 Å². The van der Waals surface area contributed by atoms with Gasteiger partial charge in [0.2, 0.25) is 0 Å². The Kier molecular flexibility index (Phi) is 4.68. The van der Waals surface area contributed by atoms with Crippen molar-refractivity contribution in [1.82, 2.24) is 0 Å². The number of hydrogen-bond donors (Lipinski definition) is 1. The first kappa shape index (κ1) is 13.9. The van der Waals surface area contributed by atoms with E-state index in [0.29, 0.717) is 5.56 Å². The molecule has 1 unspecified atom stereocenters. The zero-order valence-corrected chi connectivity index (χ0v) is 12.0. The van der Waals surface area contributed by atoms with E-state index >= 15 is 0 Å². The van der Waals surface area contributed by atoms with Crippen molar-refractivity contribution in [2.45, 2.75) is 50.5 Å². The fourth-order valence-electron chi connectivity index (χ4n) is 2.54. The average molecular weight is 267 g/mol. The molecule has 100 valence electrons. The molecule has 1 aromatic rings. The van der Waals surface area contributed by atoms with Gasteiger partial charge >= 0.3 is 0 Å². The summed E-state index contributed by atoms with van der Waals surface area (Å²) in [5, 5.41) is 0. The summed E-state index contributed by atoms with van der Waals surface area (Å²) >= 11 is 1.85. The maximum absolute atomic E-state index is 13.6. The van der Waals surface area contributed by atoms with Gasteiger partial charge in [0.15, 0.2) is 0 Å². The summed E-state index contributed by atoms with van der Waals surface area (Å²) in [6.07, 6.45) is 5.43. The highest BCUT2D eigenvalue weighted by Crippen LogP contribution is 2.34. The van der Waals surface area contributed by atoms with Gasteiger partial charge in [-0.15, -0.1) is 11.8 Å². The Bertz CT molecular complexity index is 411. The van der Waals surface area contributed by atoms with Crippen LogP contribution in [0.5, 0.6) is 0 Å². The molecule has 0 bridgehead atoms. The molecule has 18 heavy (non-hydrogen) atoms. The summed E-state index contributed by atoms with van der Waals surface area (Å²) in [7, 11) is 0. The van der Waals surface area contributed by atoms with E-state index in [1.54, 1.807) is 6.07 Å². The first-order chi connectivity index (χ1) is 8.58. The molecule has 0 amide bonds. The van der Waals surface area contributed by atoms with Gasteiger partial charge in [0.25, 0.3) is 0 Å². The van der Waals surface area contributed by atoms with E-state index in [1.165, 1.54) is 25.7 Å². The van der Waals surface area contributed by atoms with Crippen molar-refractivity contribution in [2.24, 2.45) is 11.7 Å². The number of halogens is 1. The summed E-state index contributed by atoms with van der Waals surface area (Å²) in [6.45, 7) is 3.74. The Hall–Kier alpha value is -0.540. The quantitative estimate of drug-likeness (QED) is 0.816. The molecule has 0 saturated heterocycles. The lowest BCUT2D eigenvalue weighted by atomic mass is 10.1. The third-order valence-electron chi connectivity index (χ3n) is 3.73. The highest BCUT2D eigenvalue weighted by molar-refractivity contribution is 7.99. The van der Waals surface area contributed by atoms with E-state index in [2.05, 4.69) is 0 Å². The molecule has 1 atom stereocenters. The summed E-state index contributed by atoms with van der Waals surface area (Å²) in [4.78, 5) is 1.16.